The molecule has 0 fully saturated rings. The normalized spacial score (nSPS) is 13.7. The maximum Gasteiger partial charge on any atom is 0.137 e. The number of aliphatic hydroxyl groups is 1. The minimum atomic E-state index is -0.555. The second kappa shape index (κ2) is 9.38. The van der Waals surface area contributed by atoms with Gasteiger partial charge < -0.3 is 14.7 Å². The Bertz CT molecular complexity index is 456. The van der Waals surface area contributed by atoms with E-state index in [2.05, 4.69) is 31.7 Å². The van der Waals surface area contributed by atoms with Gasteiger partial charge in [-0.3, -0.25) is 0 Å². The Hall–Kier alpha value is -1.57. The first kappa shape index (κ1) is 17.5. The number of likely N-dealkylation sites (N-methyl/N-ethyl adjacent to an activating group) is 1. The van der Waals surface area contributed by atoms with Crippen molar-refractivity contribution in [1.29, 1.82) is 5.26 Å². The molecule has 2 unspecified atom stereocenters. The van der Waals surface area contributed by atoms with Gasteiger partial charge in [0.1, 0.15) is 24.5 Å². The Morgan fingerprint density at radius 1 is 1.29 bits per heavy atom. The van der Waals surface area contributed by atoms with Crippen molar-refractivity contribution in [3.63, 3.8) is 0 Å². The maximum absolute atomic E-state index is 10.1. The molecule has 0 aliphatic carbocycles. The molecule has 1 aromatic carbocycles. The summed E-state index contributed by atoms with van der Waals surface area (Å²) in [6.07, 6.45) is 0.583. The smallest absolute Gasteiger partial charge is 0.137 e. The average Bonchev–Trinajstić information content (AvgIpc) is 2.52. The van der Waals surface area contributed by atoms with E-state index in [4.69, 9.17) is 10.00 Å². The van der Waals surface area contributed by atoms with Crippen LogP contribution in [0, 0.1) is 17.2 Å². The number of benzene rings is 1. The van der Waals surface area contributed by atoms with E-state index in [0.29, 0.717) is 23.8 Å². The van der Waals surface area contributed by atoms with Gasteiger partial charge >= 0.3 is 0 Å². The van der Waals surface area contributed by atoms with Crippen molar-refractivity contribution in [2.75, 3.05) is 26.2 Å². The summed E-state index contributed by atoms with van der Waals surface area (Å²) in [4.78, 5) is 2.23. The number of nitrogens with zero attached hydrogens (tertiary/aromatic N) is 2. The van der Waals surface area contributed by atoms with Crippen molar-refractivity contribution in [2.24, 2.45) is 5.92 Å². The van der Waals surface area contributed by atoms with Crippen molar-refractivity contribution in [3.8, 4) is 11.8 Å². The third-order valence-corrected chi connectivity index (χ3v) is 3.62. The van der Waals surface area contributed by atoms with E-state index >= 15 is 0 Å². The molecule has 1 aromatic rings. The van der Waals surface area contributed by atoms with Crippen LogP contribution in [0.2, 0.25) is 0 Å². The summed E-state index contributed by atoms with van der Waals surface area (Å²) in [5.74, 6) is 1.15. The van der Waals surface area contributed by atoms with Gasteiger partial charge in [0, 0.05) is 13.1 Å². The number of aliphatic hydroxyl groups excluding tert-OH is 1. The molecule has 1 rings (SSSR count). The highest BCUT2D eigenvalue weighted by molar-refractivity contribution is 5.42. The molecule has 116 valence electrons. The van der Waals surface area contributed by atoms with Gasteiger partial charge in [0.05, 0.1) is 5.56 Å². The van der Waals surface area contributed by atoms with Gasteiger partial charge in [-0.25, -0.2) is 0 Å². The summed E-state index contributed by atoms with van der Waals surface area (Å²) in [5.41, 5.74) is 0.497. The van der Waals surface area contributed by atoms with Crippen molar-refractivity contribution in [1.82, 2.24) is 4.90 Å². The first-order valence-corrected chi connectivity index (χ1v) is 7.63. The molecule has 0 amide bonds. The summed E-state index contributed by atoms with van der Waals surface area (Å²) in [6, 6.07) is 9.17. The second-order valence-corrected chi connectivity index (χ2v) is 5.44. The van der Waals surface area contributed by atoms with Crippen LogP contribution in [0.1, 0.15) is 32.8 Å². The van der Waals surface area contributed by atoms with E-state index in [9.17, 15) is 5.11 Å². The van der Waals surface area contributed by atoms with Crippen LogP contribution < -0.4 is 4.74 Å². The summed E-state index contributed by atoms with van der Waals surface area (Å²) in [6.45, 7) is 9.19. The maximum atomic E-state index is 10.1. The molecule has 0 radical (unpaired) electrons. The Kier molecular flexibility index (Phi) is 7.81. The summed E-state index contributed by atoms with van der Waals surface area (Å²) >= 11 is 0. The lowest BCUT2D eigenvalue weighted by atomic mass is 10.1. The van der Waals surface area contributed by atoms with E-state index in [1.165, 1.54) is 0 Å². The summed E-state index contributed by atoms with van der Waals surface area (Å²) in [5, 5.41) is 19.1. The molecule has 0 spiro atoms. The van der Waals surface area contributed by atoms with E-state index in [0.717, 1.165) is 19.5 Å². The Morgan fingerprint density at radius 2 is 2.00 bits per heavy atom. The fourth-order valence-corrected chi connectivity index (χ4v) is 2.12. The number of nitriles is 1. The predicted molar refractivity (Wildman–Crippen MR) is 84.2 cm³/mol. The fourth-order valence-electron chi connectivity index (χ4n) is 2.12. The lowest BCUT2D eigenvalue weighted by Crippen LogP contribution is -2.38. The molecule has 21 heavy (non-hydrogen) atoms. The quantitative estimate of drug-likeness (QED) is 0.759. The molecule has 0 aliphatic rings. The van der Waals surface area contributed by atoms with Crippen molar-refractivity contribution in [2.45, 2.75) is 33.3 Å². The van der Waals surface area contributed by atoms with Gasteiger partial charge in [0.15, 0.2) is 0 Å². The zero-order valence-corrected chi connectivity index (χ0v) is 13.2. The summed E-state index contributed by atoms with van der Waals surface area (Å²) in [7, 11) is 0. The molecule has 2 atom stereocenters. The Balaban J connectivity index is 2.46. The third kappa shape index (κ3) is 6.16. The van der Waals surface area contributed by atoms with Crippen LogP contribution >= 0.6 is 0 Å². The van der Waals surface area contributed by atoms with E-state index in [1.54, 1.807) is 18.2 Å². The van der Waals surface area contributed by atoms with Crippen LogP contribution in [0.25, 0.3) is 0 Å². The first-order chi connectivity index (χ1) is 10.1. The number of para-hydroxylation sites is 1. The Labute approximate surface area is 128 Å². The highest BCUT2D eigenvalue weighted by Crippen LogP contribution is 2.16. The van der Waals surface area contributed by atoms with Gasteiger partial charge in [0.2, 0.25) is 0 Å². The fraction of sp³-hybridized carbons (Fsp3) is 0.588. The lowest BCUT2D eigenvalue weighted by Gasteiger charge is -2.26. The largest absolute Gasteiger partial charge is 0.489 e. The highest BCUT2D eigenvalue weighted by Gasteiger charge is 2.14. The molecular formula is C17H26N2O2. The number of hydrogen-bond acceptors (Lipinski definition) is 4. The monoisotopic (exact) mass is 290 g/mol. The molecule has 0 saturated carbocycles. The van der Waals surface area contributed by atoms with Crippen LogP contribution in [0.15, 0.2) is 24.3 Å². The van der Waals surface area contributed by atoms with Crippen LogP contribution in [-0.2, 0) is 0 Å². The molecular weight excluding hydrogens is 264 g/mol. The predicted octanol–water partition coefficient (Wildman–Crippen LogP) is 2.67. The van der Waals surface area contributed by atoms with Gasteiger partial charge in [-0.2, -0.15) is 5.26 Å². The van der Waals surface area contributed by atoms with E-state index in [-0.39, 0.29) is 6.61 Å². The van der Waals surface area contributed by atoms with Crippen LogP contribution in [0.4, 0.5) is 0 Å². The van der Waals surface area contributed by atoms with E-state index < -0.39 is 6.10 Å². The minimum Gasteiger partial charge on any atom is -0.489 e. The van der Waals surface area contributed by atoms with Crippen molar-refractivity contribution < 1.29 is 9.84 Å². The molecule has 0 bridgehead atoms. The first-order valence-electron chi connectivity index (χ1n) is 7.63. The number of ether oxygens (including phenoxy) is 1. The molecule has 0 saturated heterocycles. The van der Waals surface area contributed by atoms with Crippen LogP contribution in [-0.4, -0.2) is 42.4 Å². The average molecular weight is 290 g/mol. The molecule has 0 aromatic heterocycles. The van der Waals surface area contributed by atoms with Gasteiger partial charge in [-0.05, 0) is 24.6 Å². The number of hydrogen-bond donors (Lipinski definition) is 1. The molecule has 4 heteroatoms. The molecule has 0 aliphatic heterocycles. The van der Waals surface area contributed by atoms with Crippen LogP contribution in [0.3, 0.4) is 0 Å². The van der Waals surface area contributed by atoms with Gasteiger partial charge in [0.25, 0.3) is 0 Å². The topological polar surface area (TPSA) is 56.5 Å². The zero-order valence-electron chi connectivity index (χ0n) is 13.2. The molecule has 0 heterocycles. The molecule has 4 nitrogen and oxygen atoms in total. The van der Waals surface area contributed by atoms with Gasteiger partial charge in [-0.1, -0.05) is 39.3 Å². The number of rotatable bonds is 9. The summed E-state index contributed by atoms with van der Waals surface area (Å²) < 4.78 is 5.57. The zero-order chi connectivity index (χ0) is 15.7. The van der Waals surface area contributed by atoms with Crippen molar-refractivity contribution in [3.05, 3.63) is 29.8 Å². The van der Waals surface area contributed by atoms with Crippen LogP contribution in [0.5, 0.6) is 5.75 Å². The standard InChI is InChI=1S/C17H26N2O2/c1-4-14(3)11-19(5-2)12-16(20)13-21-17-9-7-6-8-15(17)10-18/h6-9,14,16,20H,4-5,11-13H2,1-3H3. The SMILES string of the molecule is CCC(C)CN(CC)CC(O)COc1ccccc1C#N. The third-order valence-electron chi connectivity index (χ3n) is 3.62. The molecule has 1 N–H and O–H groups in total. The Morgan fingerprint density at radius 3 is 2.62 bits per heavy atom. The lowest BCUT2D eigenvalue weighted by molar-refractivity contribution is 0.0650. The minimum absolute atomic E-state index is 0.204. The van der Waals surface area contributed by atoms with Gasteiger partial charge in [-0.15, -0.1) is 0 Å². The highest BCUT2D eigenvalue weighted by atomic mass is 16.5. The van der Waals surface area contributed by atoms with E-state index in [1.807, 2.05) is 6.07 Å². The van der Waals surface area contributed by atoms with Crippen molar-refractivity contribution >= 4 is 0 Å². The second-order valence-electron chi connectivity index (χ2n) is 5.44.